The maximum absolute atomic E-state index is 13.6. The number of aryl methyl sites for hydroxylation is 1. The fraction of sp³-hybridized carbons (Fsp3) is 0.625. The lowest BCUT2D eigenvalue weighted by Crippen LogP contribution is -2.58. The number of rotatable bonds is 2. The van der Waals surface area contributed by atoms with Crippen LogP contribution in [0.4, 0.5) is 0 Å². The molecule has 1 aliphatic heterocycles. The Kier molecular flexibility index (Phi) is 4.54. The lowest BCUT2D eigenvalue weighted by molar-refractivity contribution is -0.159. The molecule has 0 aromatic carbocycles. The summed E-state index contributed by atoms with van der Waals surface area (Å²) in [7, 11) is 1.52. The highest BCUT2D eigenvalue weighted by Crippen LogP contribution is 2.60. The Morgan fingerprint density at radius 3 is 2.15 bits per heavy atom. The molecule has 5 fully saturated rings. The summed E-state index contributed by atoms with van der Waals surface area (Å²) in [6, 6.07) is 1.50. The monoisotopic (exact) mass is 451 g/mol. The van der Waals surface area contributed by atoms with Crippen LogP contribution < -0.4 is 11.2 Å². The molecule has 0 radical (unpaired) electrons. The summed E-state index contributed by atoms with van der Waals surface area (Å²) in [4.78, 5) is 60.8. The molecule has 4 bridgehead atoms. The first-order valence-corrected chi connectivity index (χ1v) is 12.0. The van der Waals surface area contributed by atoms with E-state index >= 15 is 0 Å². The number of pyridine rings is 1. The molecule has 7 rings (SSSR count). The number of nitrogens with one attached hydrogen (secondary N) is 1. The smallest absolute Gasteiger partial charge is 0.329 e. The summed E-state index contributed by atoms with van der Waals surface area (Å²) in [6.07, 6.45) is 8.50. The molecule has 4 aliphatic carbocycles. The number of amides is 2. The number of aromatic nitrogens is 3. The first kappa shape index (κ1) is 20.6. The van der Waals surface area contributed by atoms with E-state index in [1.54, 1.807) is 4.90 Å². The zero-order valence-corrected chi connectivity index (χ0v) is 18.9. The van der Waals surface area contributed by atoms with Crippen LogP contribution in [0.3, 0.4) is 0 Å². The van der Waals surface area contributed by atoms with Crippen molar-refractivity contribution in [3.05, 3.63) is 38.7 Å². The van der Waals surface area contributed by atoms with Crippen LogP contribution in [-0.4, -0.2) is 62.3 Å². The van der Waals surface area contributed by atoms with Crippen LogP contribution in [0.5, 0.6) is 0 Å². The van der Waals surface area contributed by atoms with Gasteiger partial charge in [-0.25, -0.2) is 9.78 Å². The van der Waals surface area contributed by atoms with E-state index < -0.39 is 11.2 Å². The third-order valence-corrected chi connectivity index (χ3v) is 8.55. The van der Waals surface area contributed by atoms with E-state index in [1.165, 1.54) is 43.1 Å². The minimum absolute atomic E-state index is 0.153. The Morgan fingerprint density at radius 1 is 0.970 bits per heavy atom. The molecule has 9 nitrogen and oxygen atoms in total. The van der Waals surface area contributed by atoms with Crippen molar-refractivity contribution in [2.75, 3.05) is 26.2 Å². The fourth-order valence-electron chi connectivity index (χ4n) is 7.36. The average molecular weight is 452 g/mol. The molecule has 2 aromatic rings. The number of hydrogen-bond acceptors (Lipinski definition) is 5. The van der Waals surface area contributed by atoms with E-state index in [-0.39, 0.29) is 22.4 Å². The maximum Gasteiger partial charge on any atom is 0.329 e. The van der Waals surface area contributed by atoms with E-state index in [9.17, 15) is 19.2 Å². The summed E-state index contributed by atoms with van der Waals surface area (Å²) in [5, 5.41) is 0.207. The second-order valence-electron chi connectivity index (χ2n) is 10.7. The lowest BCUT2D eigenvalue weighted by Gasteiger charge is -2.57. The summed E-state index contributed by atoms with van der Waals surface area (Å²) < 4.78 is 1.25. The van der Waals surface area contributed by atoms with Crippen molar-refractivity contribution < 1.29 is 9.59 Å². The lowest BCUT2D eigenvalue weighted by atomic mass is 9.49. The maximum atomic E-state index is 13.6. The zero-order valence-electron chi connectivity index (χ0n) is 18.9. The molecule has 2 aromatic heterocycles. The second kappa shape index (κ2) is 7.27. The van der Waals surface area contributed by atoms with E-state index in [0.29, 0.717) is 37.6 Å². The van der Waals surface area contributed by atoms with Crippen molar-refractivity contribution in [2.24, 2.45) is 30.2 Å². The number of aromatic amines is 1. The van der Waals surface area contributed by atoms with Gasteiger partial charge in [-0.15, -0.1) is 0 Å². The van der Waals surface area contributed by atoms with Crippen LogP contribution >= 0.6 is 0 Å². The van der Waals surface area contributed by atoms with Gasteiger partial charge in [-0.05, 0) is 62.3 Å². The molecular weight excluding hydrogens is 422 g/mol. The van der Waals surface area contributed by atoms with E-state index in [1.807, 2.05) is 4.90 Å². The molecule has 3 heterocycles. The zero-order chi connectivity index (χ0) is 22.9. The van der Waals surface area contributed by atoms with Gasteiger partial charge in [0.2, 0.25) is 5.91 Å². The van der Waals surface area contributed by atoms with Gasteiger partial charge in [-0.2, -0.15) is 0 Å². The molecule has 1 saturated heterocycles. The van der Waals surface area contributed by atoms with Gasteiger partial charge >= 0.3 is 5.69 Å². The molecule has 33 heavy (non-hydrogen) atoms. The van der Waals surface area contributed by atoms with Crippen LogP contribution in [0.1, 0.15) is 48.9 Å². The number of carbonyl (C=O) groups excluding carboxylic acids is 2. The summed E-state index contributed by atoms with van der Waals surface area (Å²) in [5.74, 6) is 2.29. The van der Waals surface area contributed by atoms with Gasteiger partial charge in [0, 0.05) is 39.4 Å². The Morgan fingerprint density at radius 2 is 1.55 bits per heavy atom. The molecule has 9 heteroatoms. The molecule has 2 amide bonds. The Hall–Kier alpha value is -2.97. The van der Waals surface area contributed by atoms with Crippen LogP contribution in [-0.2, 0) is 11.8 Å². The number of H-pyrrole nitrogens is 1. The molecular formula is C24H29N5O4. The van der Waals surface area contributed by atoms with E-state index in [2.05, 4.69) is 9.97 Å². The highest BCUT2D eigenvalue weighted by molar-refractivity contribution is 5.97. The predicted octanol–water partition coefficient (Wildman–Crippen LogP) is 1.12. The van der Waals surface area contributed by atoms with Gasteiger partial charge in [0.25, 0.3) is 11.5 Å². The number of hydrogen-bond donors (Lipinski definition) is 1. The second-order valence-corrected chi connectivity index (χ2v) is 10.7. The Balaban J connectivity index is 1.16. The van der Waals surface area contributed by atoms with Crippen LogP contribution in [0.15, 0.2) is 21.9 Å². The largest absolute Gasteiger partial charge is 0.339 e. The van der Waals surface area contributed by atoms with Gasteiger partial charge in [-0.1, -0.05) is 0 Å². The standard InChI is InChI=1S/C24H29N5O4/c1-27-19-18(20(30)26-23(27)33)9-17(13-25-19)21(31)28-2-4-29(5-3-28)22(32)24-10-14-6-15(11-24)8-16(7-14)12-24/h9,13-16H,2-8,10-12H2,1H3,(H,26,30,33). The summed E-state index contributed by atoms with van der Waals surface area (Å²) in [5.41, 5.74) is -0.695. The molecule has 174 valence electrons. The van der Waals surface area contributed by atoms with Crippen molar-refractivity contribution in [3.8, 4) is 0 Å². The van der Waals surface area contributed by atoms with Crippen molar-refractivity contribution in [3.63, 3.8) is 0 Å². The summed E-state index contributed by atoms with van der Waals surface area (Å²) in [6.45, 7) is 2.03. The van der Waals surface area contributed by atoms with Crippen LogP contribution in [0.25, 0.3) is 11.0 Å². The molecule has 4 saturated carbocycles. The van der Waals surface area contributed by atoms with E-state index in [0.717, 1.165) is 37.0 Å². The highest BCUT2D eigenvalue weighted by atomic mass is 16.2. The third-order valence-electron chi connectivity index (χ3n) is 8.55. The summed E-state index contributed by atoms with van der Waals surface area (Å²) >= 11 is 0. The van der Waals surface area contributed by atoms with Crippen molar-refractivity contribution in [1.82, 2.24) is 24.3 Å². The van der Waals surface area contributed by atoms with Gasteiger partial charge in [0.1, 0.15) is 5.65 Å². The normalized spacial score (nSPS) is 30.8. The topological polar surface area (TPSA) is 108 Å². The molecule has 0 spiro atoms. The minimum atomic E-state index is -0.554. The van der Waals surface area contributed by atoms with Crippen LogP contribution in [0.2, 0.25) is 0 Å². The van der Waals surface area contributed by atoms with Gasteiger partial charge in [-0.3, -0.25) is 23.9 Å². The first-order chi connectivity index (χ1) is 15.8. The van der Waals surface area contributed by atoms with Crippen molar-refractivity contribution >= 4 is 22.8 Å². The van der Waals surface area contributed by atoms with Gasteiger partial charge in [0.05, 0.1) is 16.4 Å². The quantitative estimate of drug-likeness (QED) is 0.736. The number of fused-ring (bicyclic) bond motifs is 1. The molecule has 0 atom stereocenters. The fourth-order valence-corrected chi connectivity index (χ4v) is 7.36. The van der Waals surface area contributed by atoms with E-state index in [4.69, 9.17) is 0 Å². The molecule has 5 aliphatic rings. The Bertz CT molecular complexity index is 1230. The molecule has 1 N–H and O–H groups in total. The molecule has 0 unspecified atom stereocenters. The average Bonchev–Trinajstić information content (AvgIpc) is 2.80. The third kappa shape index (κ3) is 3.23. The van der Waals surface area contributed by atoms with Gasteiger partial charge < -0.3 is 9.80 Å². The predicted molar refractivity (Wildman–Crippen MR) is 121 cm³/mol. The number of piperazine rings is 1. The SMILES string of the molecule is Cn1c(=O)[nH]c(=O)c2cc(C(=O)N3CCN(C(=O)C45CC6CC(CC(C6)C4)C5)CC3)cnc21. The number of carbonyl (C=O) groups is 2. The first-order valence-electron chi connectivity index (χ1n) is 12.0. The van der Waals surface area contributed by atoms with Crippen molar-refractivity contribution in [2.45, 2.75) is 38.5 Å². The van der Waals surface area contributed by atoms with Crippen LogP contribution in [0, 0.1) is 23.2 Å². The minimum Gasteiger partial charge on any atom is -0.339 e. The highest BCUT2D eigenvalue weighted by Gasteiger charge is 2.55. The van der Waals surface area contributed by atoms with Gasteiger partial charge in [0.15, 0.2) is 0 Å². The van der Waals surface area contributed by atoms with Crippen molar-refractivity contribution in [1.29, 1.82) is 0 Å². The Labute approximate surface area is 190 Å². The number of nitrogens with zero attached hydrogens (tertiary/aromatic N) is 4.